The van der Waals surface area contributed by atoms with Gasteiger partial charge in [0.15, 0.2) is 0 Å². The first kappa shape index (κ1) is 9.03. The van der Waals surface area contributed by atoms with Crippen molar-refractivity contribution in [2.75, 3.05) is 13.3 Å². The molecule has 1 aliphatic heterocycles. The second kappa shape index (κ2) is 4.11. The number of rotatable bonds is 2. The van der Waals surface area contributed by atoms with E-state index in [1.165, 1.54) is 37.8 Å². The maximum atomic E-state index is 9.09. The maximum Gasteiger partial charge on any atom is 0.129 e. The van der Waals surface area contributed by atoms with E-state index in [2.05, 4.69) is 11.5 Å². The first-order valence-corrected chi connectivity index (χ1v) is 5.24. The number of aliphatic hydroxyl groups excluding tert-OH is 1. The summed E-state index contributed by atoms with van der Waals surface area (Å²) in [7, 11) is 0. The number of hydrazine groups is 1. The van der Waals surface area contributed by atoms with Crippen molar-refractivity contribution in [1.29, 1.82) is 0 Å². The summed E-state index contributed by atoms with van der Waals surface area (Å²) in [5.74, 6) is 0.691. The number of hydrogen-bond donors (Lipinski definition) is 2. The van der Waals surface area contributed by atoms with Crippen LogP contribution < -0.4 is 5.43 Å². The molecule has 1 fully saturated rings. The molecule has 13 heavy (non-hydrogen) atoms. The van der Waals surface area contributed by atoms with Gasteiger partial charge in [0.25, 0.3) is 0 Å². The van der Waals surface area contributed by atoms with Crippen molar-refractivity contribution in [2.24, 2.45) is 5.92 Å². The molecule has 0 bridgehead atoms. The first-order chi connectivity index (χ1) is 6.42. The summed E-state index contributed by atoms with van der Waals surface area (Å²) in [4.78, 5) is 0. The number of hydrogen-bond acceptors (Lipinski definition) is 3. The van der Waals surface area contributed by atoms with Crippen LogP contribution in [0.5, 0.6) is 0 Å². The molecule has 0 unspecified atom stereocenters. The first-order valence-electron chi connectivity index (χ1n) is 5.24. The lowest BCUT2D eigenvalue weighted by molar-refractivity contribution is 0.0935. The smallest absolute Gasteiger partial charge is 0.129 e. The van der Waals surface area contributed by atoms with Crippen LogP contribution >= 0.6 is 0 Å². The van der Waals surface area contributed by atoms with E-state index in [1.807, 2.05) is 5.01 Å². The zero-order valence-corrected chi connectivity index (χ0v) is 8.00. The average molecular weight is 182 g/mol. The Balaban J connectivity index is 1.97. The summed E-state index contributed by atoms with van der Waals surface area (Å²) in [6.45, 7) is 0.981. The van der Waals surface area contributed by atoms with Crippen molar-refractivity contribution < 1.29 is 5.11 Å². The topological polar surface area (TPSA) is 35.5 Å². The van der Waals surface area contributed by atoms with Gasteiger partial charge in [0.1, 0.15) is 6.73 Å². The van der Waals surface area contributed by atoms with E-state index in [1.54, 1.807) is 0 Å². The predicted molar refractivity (Wildman–Crippen MR) is 51.6 cm³/mol. The molecule has 2 aliphatic rings. The van der Waals surface area contributed by atoms with Crippen LogP contribution in [-0.2, 0) is 0 Å². The molecule has 74 valence electrons. The Labute approximate surface area is 79.4 Å². The zero-order valence-electron chi connectivity index (χ0n) is 8.00. The summed E-state index contributed by atoms with van der Waals surface area (Å²) in [5.41, 5.74) is 4.47. The third kappa shape index (κ3) is 1.86. The maximum absolute atomic E-state index is 9.09. The van der Waals surface area contributed by atoms with Gasteiger partial charge in [-0.25, -0.2) is 5.43 Å². The van der Waals surface area contributed by atoms with Gasteiger partial charge in [0, 0.05) is 18.2 Å². The highest BCUT2D eigenvalue weighted by molar-refractivity contribution is 5.10. The Hall–Kier alpha value is -0.540. The molecule has 0 aromatic carbocycles. The van der Waals surface area contributed by atoms with E-state index in [-0.39, 0.29) is 6.73 Å². The molecule has 0 radical (unpaired) electrons. The highest BCUT2D eigenvalue weighted by Crippen LogP contribution is 2.31. The molecular formula is C10H18N2O. The van der Waals surface area contributed by atoms with Crippen molar-refractivity contribution in [1.82, 2.24) is 10.4 Å². The summed E-state index contributed by atoms with van der Waals surface area (Å²) >= 11 is 0. The van der Waals surface area contributed by atoms with E-state index in [9.17, 15) is 0 Å². The number of allylic oxidation sites excluding steroid dienone is 1. The van der Waals surface area contributed by atoms with Crippen LogP contribution in [0, 0.1) is 5.92 Å². The van der Waals surface area contributed by atoms with Crippen LogP contribution in [0.2, 0.25) is 0 Å². The van der Waals surface area contributed by atoms with Crippen molar-refractivity contribution in [2.45, 2.75) is 32.1 Å². The Bertz CT molecular complexity index is 197. The predicted octanol–water partition coefficient (Wildman–Crippen LogP) is 1.22. The van der Waals surface area contributed by atoms with Gasteiger partial charge in [0.2, 0.25) is 0 Å². The van der Waals surface area contributed by atoms with Crippen LogP contribution in [0.3, 0.4) is 0 Å². The van der Waals surface area contributed by atoms with Crippen LogP contribution in [0.25, 0.3) is 0 Å². The fourth-order valence-electron chi connectivity index (χ4n) is 2.38. The summed E-state index contributed by atoms with van der Waals surface area (Å²) in [6.07, 6.45) is 8.89. The Morgan fingerprint density at radius 1 is 1.38 bits per heavy atom. The summed E-state index contributed by atoms with van der Waals surface area (Å²) < 4.78 is 0. The lowest BCUT2D eigenvalue weighted by atomic mass is 9.87. The van der Waals surface area contributed by atoms with Crippen LogP contribution in [-0.4, -0.2) is 23.4 Å². The molecular weight excluding hydrogens is 164 g/mol. The Morgan fingerprint density at radius 2 is 2.15 bits per heavy atom. The average Bonchev–Trinajstić information content (AvgIpc) is 2.67. The van der Waals surface area contributed by atoms with Gasteiger partial charge in [-0.3, -0.25) is 5.01 Å². The SMILES string of the molecule is OCN1NCC=C1C1CCCCC1. The molecule has 3 nitrogen and oxygen atoms in total. The molecule has 1 heterocycles. The molecule has 1 aliphatic carbocycles. The molecule has 3 heteroatoms. The highest BCUT2D eigenvalue weighted by atomic mass is 16.3. The third-order valence-electron chi connectivity index (χ3n) is 3.07. The fraction of sp³-hybridized carbons (Fsp3) is 0.800. The fourth-order valence-corrected chi connectivity index (χ4v) is 2.38. The minimum Gasteiger partial charge on any atom is -0.375 e. The molecule has 0 aromatic rings. The summed E-state index contributed by atoms with van der Waals surface area (Å²) in [6, 6.07) is 0. The summed E-state index contributed by atoms with van der Waals surface area (Å²) in [5, 5.41) is 11.0. The number of nitrogens with zero attached hydrogens (tertiary/aromatic N) is 1. The van der Waals surface area contributed by atoms with Crippen LogP contribution in [0.4, 0.5) is 0 Å². The molecule has 2 N–H and O–H groups in total. The lowest BCUT2D eigenvalue weighted by Gasteiger charge is -2.29. The van der Waals surface area contributed by atoms with Crippen LogP contribution in [0.1, 0.15) is 32.1 Å². The normalized spacial score (nSPS) is 25.0. The molecule has 0 amide bonds. The van der Waals surface area contributed by atoms with Crippen LogP contribution in [0.15, 0.2) is 11.8 Å². The zero-order chi connectivity index (χ0) is 9.10. The Morgan fingerprint density at radius 3 is 2.85 bits per heavy atom. The quantitative estimate of drug-likeness (QED) is 0.674. The van der Waals surface area contributed by atoms with E-state index in [4.69, 9.17) is 5.11 Å². The molecule has 1 saturated carbocycles. The van der Waals surface area contributed by atoms with Gasteiger partial charge in [-0.1, -0.05) is 19.3 Å². The number of aliphatic hydroxyl groups is 1. The van der Waals surface area contributed by atoms with Crippen molar-refractivity contribution in [3.05, 3.63) is 11.8 Å². The largest absolute Gasteiger partial charge is 0.375 e. The minimum absolute atomic E-state index is 0.0995. The second-order valence-electron chi connectivity index (χ2n) is 3.90. The van der Waals surface area contributed by atoms with Gasteiger partial charge in [-0.05, 0) is 18.9 Å². The Kier molecular flexibility index (Phi) is 2.86. The third-order valence-corrected chi connectivity index (χ3v) is 3.07. The van der Waals surface area contributed by atoms with Gasteiger partial charge < -0.3 is 5.11 Å². The second-order valence-corrected chi connectivity index (χ2v) is 3.90. The van der Waals surface area contributed by atoms with E-state index < -0.39 is 0 Å². The van der Waals surface area contributed by atoms with Crippen molar-refractivity contribution in [3.8, 4) is 0 Å². The van der Waals surface area contributed by atoms with E-state index in [0.717, 1.165) is 6.54 Å². The standard InChI is InChI=1S/C10H18N2O/c13-8-12-10(6-7-11-12)9-4-2-1-3-5-9/h6,9,11,13H,1-5,7-8H2. The highest BCUT2D eigenvalue weighted by Gasteiger charge is 2.24. The van der Waals surface area contributed by atoms with Crippen molar-refractivity contribution in [3.63, 3.8) is 0 Å². The lowest BCUT2D eigenvalue weighted by Crippen LogP contribution is -2.35. The van der Waals surface area contributed by atoms with E-state index >= 15 is 0 Å². The van der Waals surface area contributed by atoms with Crippen molar-refractivity contribution >= 4 is 0 Å². The molecule has 0 atom stereocenters. The molecule has 0 aromatic heterocycles. The molecule has 0 spiro atoms. The molecule has 0 saturated heterocycles. The van der Waals surface area contributed by atoms with Gasteiger partial charge in [-0.2, -0.15) is 0 Å². The van der Waals surface area contributed by atoms with Gasteiger partial charge in [-0.15, -0.1) is 0 Å². The van der Waals surface area contributed by atoms with Gasteiger partial charge in [0.05, 0.1) is 0 Å². The van der Waals surface area contributed by atoms with E-state index in [0.29, 0.717) is 5.92 Å². The minimum atomic E-state index is 0.0995. The molecule has 2 rings (SSSR count). The van der Waals surface area contributed by atoms with Gasteiger partial charge >= 0.3 is 0 Å². The monoisotopic (exact) mass is 182 g/mol. The number of nitrogens with one attached hydrogen (secondary N) is 1.